The highest BCUT2D eigenvalue weighted by molar-refractivity contribution is 5.30. The molecule has 0 aliphatic carbocycles. The van der Waals surface area contributed by atoms with Gasteiger partial charge in [0.2, 0.25) is 0 Å². The smallest absolute Gasteiger partial charge is 0.119 e. The van der Waals surface area contributed by atoms with Gasteiger partial charge in [0.1, 0.15) is 5.75 Å². The van der Waals surface area contributed by atoms with E-state index in [-0.39, 0.29) is 0 Å². The Labute approximate surface area is 116 Å². The lowest BCUT2D eigenvalue weighted by atomic mass is 9.97. The topological polar surface area (TPSA) is 24.5 Å². The van der Waals surface area contributed by atoms with E-state index in [1.165, 1.54) is 24.9 Å². The molecule has 1 heterocycles. The van der Waals surface area contributed by atoms with Crippen LogP contribution in [0, 0.1) is 0 Å². The normalized spacial score (nSPS) is 26.1. The van der Waals surface area contributed by atoms with Crippen molar-refractivity contribution in [1.82, 2.24) is 10.2 Å². The highest BCUT2D eigenvalue weighted by Crippen LogP contribution is 2.22. The molecule has 106 valence electrons. The van der Waals surface area contributed by atoms with E-state index in [2.05, 4.69) is 49.3 Å². The van der Waals surface area contributed by atoms with Crippen molar-refractivity contribution in [2.45, 2.75) is 44.8 Å². The number of piperidine rings is 1. The fourth-order valence-corrected chi connectivity index (χ4v) is 2.80. The number of likely N-dealkylation sites (tertiary alicyclic amines) is 1. The van der Waals surface area contributed by atoms with Crippen LogP contribution in [0.15, 0.2) is 24.3 Å². The Kier molecular flexibility index (Phi) is 4.83. The largest absolute Gasteiger partial charge is 0.497 e. The zero-order valence-electron chi connectivity index (χ0n) is 12.5. The highest BCUT2D eigenvalue weighted by Gasteiger charge is 2.23. The van der Waals surface area contributed by atoms with Crippen LogP contribution < -0.4 is 10.1 Å². The summed E-state index contributed by atoms with van der Waals surface area (Å²) < 4.78 is 5.29. The number of methoxy groups -OCH3 is 1. The standard InChI is InChI=1S/C16H26N2O/c1-12-10-15(8-9-18(12)3)17-13(2)14-6-5-7-16(11-14)19-4/h5-7,11-13,15,17H,8-10H2,1-4H3/t12?,13-,15?/m1/s1. The predicted octanol–water partition coefficient (Wildman–Crippen LogP) is 2.83. The first-order valence-electron chi connectivity index (χ1n) is 7.20. The Bertz CT molecular complexity index is 407. The minimum Gasteiger partial charge on any atom is -0.497 e. The Hall–Kier alpha value is -1.06. The maximum absolute atomic E-state index is 5.29. The first-order valence-corrected chi connectivity index (χ1v) is 7.20. The lowest BCUT2D eigenvalue weighted by Gasteiger charge is -2.36. The fraction of sp³-hybridized carbons (Fsp3) is 0.625. The summed E-state index contributed by atoms with van der Waals surface area (Å²) in [5, 5.41) is 3.76. The molecular formula is C16H26N2O. The average molecular weight is 262 g/mol. The molecule has 1 fully saturated rings. The van der Waals surface area contributed by atoms with Gasteiger partial charge in [-0.3, -0.25) is 0 Å². The Morgan fingerprint density at radius 3 is 2.89 bits per heavy atom. The van der Waals surface area contributed by atoms with Crippen molar-refractivity contribution < 1.29 is 4.74 Å². The van der Waals surface area contributed by atoms with Crippen LogP contribution in [0.3, 0.4) is 0 Å². The van der Waals surface area contributed by atoms with Crippen molar-refractivity contribution in [3.8, 4) is 5.75 Å². The molecule has 2 unspecified atom stereocenters. The van der Waals surface area contributed by atoms with Crippen molar-refractivity contribution in [2.24, 2.45) is 0 Å². The molecular weight excluding hydrogens is 236 g/mol. The maximum Gasteiger partial charge on any atom is 0.119 e. The number of benzene rings is 1. The summed E-state index contributed by atoms with van der Waals surface area (Å²) >= 11 is 0. The Balaban J connectivity index is 1.95. The maximum atomic E-state index is 5.29. The van der Waals surface area contributed by atoms with E-state index in [0.29, 0.717) is 18.1 Å². The van der Waals surface area contributed by atoms with E-state index >= 15 is 0 Å². The monoisotopic (exact) mass is 262 g/mol. The summed E-state index contributed by atoms with van der Waals surface area (Å²) in [6.45, 7) is 5.73. The van der Waals surface area contributed by atoms with Crippen LogP contribution in [0.25, 0.3) is 0 Å². The molecule has 2 rings (SSSR count). The van der Waals surface area contributed by atoms with E-state index in [0.717, 1.165) is 5.75 Å². The van der Waals surface area contributed by atoms with Crippen LogP contribution in [0.2, 0.25) is 0 Å². The molecule has 0 bridgehead atoms. The van der Waals surface area contributed by atoms with E-state index in [1.54, 1.807) is 7.11 Å². The molecule has 1 saturated heterocycles. The number of nitrogens with one attached hydrogen (secondary N) is 1. The number of rotatable bonds is 4. The molecule has 3 nitrogen and oxygen atoms in total. The number of hydrogen-bond donors (Lipinski definition) is 1. The Morgan fingerprint density at radius 2 is 2.21 bits per heavy atom. The molecule has 0 aromatic heterocycles. The molecule has 1 aliphatic heterocycles. The molecule has 0 saturated carbocycles. The van der Waals surface area contributed by atoms with Gasteiger partial charge in [-0.1, -0.05) is 12.1 Å². The van der Waals surface area contributed by atoms with Gasteiger partial charge in [-0.05, 0) is 58.0 Å². The molecule has 1 aromatic rings. The van der Waals surface area contributed by atoms with Crippen LogP contribution in [0.4, 0.5) is 0 Å². The second kappa shape index (κ2) is 6.40. The van der Waals surface area contributed by atoms with Crippen molar-refractivity contribution in [2.75, 3.05) is 20.7 Å². The van der Waals surface area contributed by atoms with Gasteiger partial charge in [0.25, 0.3) is 0 Å². The second-order valence-electron chi connectivity index (χ2n) is 5.72. The van der Waals surface area contributed by atoms with Crippen LogP contribution in [0.1, 0.15) is 38.3 Å². The van der Waals surface area contributed by atoms with Crippen molar-refractivity contribution in [3.05, 3.63) is 29.8 Å². The molecule has 3 heteroatoms. The van der Waals surface area contributed by atoms with Crippen LogP contribution in [-0.4, -0.2) is 37.7 Å². The average Bonchev–Trinajstić information content (AvgIpc) is 2.43. The molecule has 19 heavy (non-hydrogen) atoms. The minimum absolute atomic E-state index is 0.371. The zero-order chi connectivity index (χ0) is 13.8. The summed E-state index contributed by atoms with van der Waals surface area (Å²) in [5.41, 5.74) is 1.30. The van der Waals surface area contributed by atoms with Gasteiger partial charge < -0.3 is 15.0 Å². The van der Waals surface area contributed by atoms with Crippen molar-refractivity contribution >= 4 is 0 Å². The van der Waals surface area contributed by atoms with E-state index in [4.69, 9.17) is 4.74 Å². The van der Waals surface area contributed by atoms with Crippen molar-refractivity contribution in [1.29, 1.82) is 0 Å². The van der Waals surface area contributed by atoms with Gasteiger partial charge >= 0.3 is 0 Å². The fourth-order valence-electron chi connectivity index (χ4n) is 2.80. The Morgan fingerprint density at radius 1 is 1.42 bits per heavy atom. The van der Waals surface area contributed by atoms with Gasteiger partial charge in [-0.25, -0.2) is 0 Å². The van der Waals surface area contributed by atoms with Crippen LogP contribution >= 0.6 is 0 Å². The van der Waals surface area contributed by atoms with E-state index in [1.807, 2.05) is 6.07 Å². The van der Waals surface area contributed by atoms with Gasteiger partial charge in [0, 0.05) is 18.1 Å². The quantitative estimate of drug-likeness (QED) is 0.903. The summed E-state index contributed by atoms with van der Waals surface area (Å²) in [7, 11) is 3.93. The molecule has 1 aromatic carbocycles. The molecule has 0 amide bonds. The van der Waals surface area contributed by atoms with Gasteiger partial charge in [0.15, 0.2) is 0 Å². The third kappa shape index (κ3) is 3.71. The third-order valence-corrected chi connectivity index (χ3v) is 4.29. The lowest BCUT2D eigenvalue weighted by Crippen LogP contribution is -2.46. The number of ether oxygens (including phenoxy) is 1. The predicted molar refractivity (Wildman–Crippen MR) is 79.7 cm³/mol. The van der Waals surface area contributed by atoms with Gasteiger partial charge in [-0.15, -0.1) is 0 Å². The van der Waals surface area contributed by atoms with Gasteiger partial charge in [-0.2, -0.15) is 0 Å². The number of nitrogens with zero attached hydrogens (tertiary/aromatic N) is 1. The summed E-state index contributed by atoms with van der Waals surface area (Å²) in [5.74, 6) is 0.933. The van der Waals surface area contributed by atoms with E-state index < -0.39 is 0 Å². The van der Waals surface area contributed by atoms with Crippen molar-refractivity contribution in [3.63, 3.8) is 0 Å². The molecule has 1 aliphatic rings. The van der Waals surface area contributed by atoms with Crippen LogP contribution in [0.5, 0.6) is 5.75 Å². The zero-order valence-corrected chi connectivity index (χ0v) is 12.5. The highest BCUT2D eigenvalue weighted by atomic mass is 16.5. The third-order valence-electron chi connectivity index (χ3n) is 4.29. The van der Waals surface area contributed by atoms with Crippen LogP contribution in [-0.2, 0) is 0 Å². The van der Waals surface area contributed by atoms with E-state index in [9.17, 15) is 0 Å². The molecule has 0 radical (unpaired) electrons. The molecule has 1 N–H and O–H groups in total. The SMILES string of the molecule is COc1cccc([C@@H](C)NC2CCN(C)C(C)C2)c1. The molecule has 3 atom stereocenters. The first-order chi connectivity index (χ1) is 9.10. The molecule has 0 spiro atoms. The summed E-state index contributed by atoms with van der Waals surface area (Å²) in [6, 6.07) is 10.00. The van der Waals surface area contributed by atoms with Gasteiger partial charge in [0.05, 0.1) is 7.11 Å². The first kappa shape index (κ1) is 14.4. The summed E-state index contributed by atoms with van der Waals surface area (Å²) in [6.07, 6.45) is 2.46. The minimum atomic E-state index is 0.371. The lowest BCUT2D eigenvalue weighted by molar-refractivity contribution is 0.163. The summed E-state index contributed by atoms with van der Waals surface area (Å²) in [4.78, 5) is 2.44. The number of hydrogen-bond acceptors (Lipinski definition) is 3. The second-order valence-corrected chi connectivity index (χ2v) is 5.72.